The second-order valence-electron chi connectivity index (χ2n) is 9.23. The summed E-state index contributed by atoms with van der Waals surface area (Å²) in [6, 6.07) is 26.7. The minimum atomic E-state index is -1.13. The van der Waals surface area contributed by atoms with Gasteiger partial charge in [-0.25, -0.2) is 4.39 Å². The summed E-state index contributed by atoms with van der Waals surface area (Å²) in [6.07, 6.45) is 0. The number of aryl methyl sites for hydroxylation is 2. The molecule has 0 radical (unpaired) electrons. The monoisotopic (exact) mass is 507 g/mol. The van der Waals surface area contributed by atoms with Crippen LogP contribution in [0.5, 0.6) is 5.75 Å². The molecule has 0 aliphatic carbocycles. The van der Waals surface area contributed by atoms with Gasteiger partial charge in [-0.3, -0.25) is 14.5 Å². The van der Waals surface area contributed by atoms with E-state index in [1.165, 1.54) is 23.1 Å². The Balaban J connectivity index is 1.58. The predicted octanol–water partition coefficient (Wildman–Crippen LogP) is 6.65. The highest BCUT2D eigenvalue weighted by molar-refractivity contribution is 6.51. The van der Waals surface area contributed by atoms with Crippen molar-refractivity contribution < 1.29 is 23.8 Å². The zero-order valence-electron chi connectivity index (χ0n) is 21.0. The van der Waals surface area contributed by atoms with Crippen molar-refractivity contribution in [2.75, 3.05) is 4.90 Å². The SMILES string of the molecule is Cc1cc(/C(O)=C2\C(=O)C(=O)N(c3ccccc3C)C2c2ccccc2F)ccc1OCc1ccccc1. The first-order chi connectivity index (χ1) is 18.4. The first-order valence-corrected chi connectivity index (χ1v) is 12.3. The van der Waals surface area contributed by atoms with Gasteiger partial charge >= 0.3 is 0 Å². The number of ether oxygens (including phenoxy) is 1. The molecule has 0 saturated carbocycles. The van der Waals surface area contributed by atoms with Crippen molar-refractivity contribution in [2.45, 2.75) is 26.5 Å². The van der Waals surface area contributed by atoms with E-state index in [2.05, 4.69) is 0 Å². The molecule has 5 nitrogen and oxygen atoms in total. The smallest absolute Gasteiger partial charge is 0.300 e. The molecule has 1 fully saturated rings. The fraction of sp³-hybridized carbons (Fsp3) is 0.125. The van der Waals surface area contributed by atoms with Crippen molar-refractivity contribution in [1.82, 2.24) is 0 Å². The molecular weight excluding hydrogens is 481 g/mol. The number of hydrogen-bond donors (Lipinski definition) is 1. The number of nitrogens with zero attached hydrogens (tertiary/aromatic N) is 1. The Morgan fingerprint density at radius 2 is 1.55 bits per heavy atom. The lowest BCUT2D eigenvalue weighted by molar-refractivity contribution is -0.132. The van der Waals surface area contributed by atoms with Crippen LogP contribution in [0.1, 0.15) is 33.9 Å². The van der Waals surface area contributed by atoms with Crippen molar-refractivity contribution in [3.05, 3.63) is 136 Å². The Morgan fingerprint density at radius 3 is 2.26 bits per heavy atom. The fourth-order valence-corrected chi connectivity index (χ4v) is 4.76. The van der Waals surface area contributed by atoms with Gasteiger partial charge in [0.1, 0.15) is 23.9 Å². The molecule has 1 heterocycles. The maximum absolute atomic E-state index is 15.1. The van der Waals surface area contributed by atoms with Crippen LogP contribution in [-0.2, 0) is 16.2 Å². The van der Waals surface area contributed by atoms with E-state index in [9.17, 15) is 14.7 Å². The maximum atomic E-state index is 15.1. The van der Waals surface area contributed by atoms with Crippen LogP contribution in [0.3, 0.4) is 0 Å². The summed E-state index contributed by atoms with van der Waals surface area (Å²) in [5, 5.41) is 11.4. The minimum absolute atomic E-state index is 0.121. The molecular formula is C32H26FNO4. The van der Waals surface area contributed by atoms with Crippen molar-refractivity contribution >= 4 is 23.1 Å². The zero-order valence-corrected chi connectivity index (χ0v) is 21.0. The van der Waals surface area contributed by atoms with Crippen molar-refractivity contribution in [1.29, 1.82) is 0 Å². The summed E-state index contributed by atoms with van der Waals surface area (Å²) >= 11 is 0. The maximum Gasteiger partial charge on any atom is 0.300 e. The molecule has 0 bridgehead atoms. The van der Waals surface area contributed by atoms with Crippen LogP contribution >= 0.6 is 0 Å². The zero-order chi connectivity index (χ0) is 26.8. The molecule has 190 valence electrons. The number of para-hydroxylation sites is 1. The van der Waals surface area contributed by atoms with Gasteiger partial charge in [-0.1, -0.05) is 66.7 Å². The first-order valence-electron chi connectivity index (χ1n) is 12.3. The Labute approximate surface area is 220 Å². The topological polar surface area (TPSA) is 66.8 Å². The Kier molecular flexibility index (Phi) is 6.79. The molecule has 0 aromatic heterocycles. The lowest BCUT2D eigenvalue weighted by Crippen LogP contribution is -2.30. The summed E-state index contributed by atoms with van der Waals surface area (Å²) < 4.78 is 21.0. The van der Waals surface area contributed by atoms with Gasteiger partial charge in [0.2, 0.25) is 0 Å². The van der Waals surface area contributed by atoms with E-state index in [0.717, 1.165) is 16.7 Å². The molecule has 4 aromatic carbocycles. The van der Waals surface area contributed by atoms with E-state index in [1.807, 2.05) is 56.3 Å². The molecule has 38 heavy (non-hydrogen) atoms. The Hall–Kier alpha value is -4.71. The molecule has 1 N–H and O–H groups in total. The quantitative estimate of drug-likeness (QED) is 0.180. The molecule has 6 heteroatoms. The van der Waals surface area contributed by atoms with Crippen LogP contribution in [0, 0.1) is 19.7 Å². The molecule has 4 aromatic rings. The molecule has 1 unspecified atom stereocenters. The number of ketones is 1. The van der Waals surface area contributed by atoms with E-state index < -0.39 is 23.5 Å². The normalized spacial score (nSPS) is 16.6. The van der Waals surface area contributed by atoms with Gasteiger partial charge in [0, 0.05) is 16.8 Å². The highest BCUT2D eigenvalue weighted by Gasteiger charge is 2.48. The van der Waals surface area contributed by atoms with Crippen molar-refractivity contribution in [2.24, 2.45) is 0 Å². The molecule has 0 spiro atoms. The predicted molar refractivity (Wildman–Crippen MR) is 144 cm³/mol. The van der Waals surface area contributed by atoms with Gasteiger partial charge in [-0.15, -0.1) is 0 Å². The van der Waals surface area contributed by atoms with Crippen LogP contribution in [0.25, 0.3) is 5.76 Å². The summed E-state index contributed by atoms with van der Waals surface area (Å²) in [5.74, 6) is -2.03. The summed E-state index contributed by atoms with van der Waals surface area (Å²) in [7, 11) is 0. The van der Waals surface area contributed by atoms with Gasteiger partial charge in [0.25, 0.3) is 11.7 Å². The van der Waals surface area contributed by atoms with Crippen LogP contribution < -0.4 is 9.64 Å². The van der Waals surface area contributed by atoms with Crippen molar-refractivity contribution in [3.63, 3.8) is 0 Å². The van der Waals surface area contributed by atoms with E-state index >= 15 is 4.39 Å². The molecule has 5 rings (SSSR count). The van der Waals surface area contributed by atoms with Crippen LogP contribution in [0.2, 0.25) is 0 Å². The van der Waals surface area contributed by atoms with Gasteiger partial charge in [0.15, 0.2) is 0 Å². The third kappa shape index (κ3) is 4.57. The number of aliphatic hydroxyl groups is 1. The van der Waals surface area contributed by atoms with Gasteiger partial charge in [0.05, 0.1) is 11.6 Å². The number of rotatable bonds is 6. The van der Waals surface area contributed by atoms with Gasteiger partial charge in [-0.2, -0.15) is 0 Å². The summed E-state index contributed by atoms with van der Waals surface area (Å²) in [4.78, 5) is 28.0. The number of hydrogen-bond acceptors (Lipinski definition) is 4. The molecule has 1 aliphatic heterocycles. The highest BCUT2D eigenvalue weighted by Crippen LogP contribution is 2.44. The highest BCUT2D eigenvalue weighted by atomic mass is 19.1. The van der Waals surface area contributed by atoms with Crippen LogP contribution in [0.4, 0.5) is 10.1 Å². The molecule has 1 atom stereocenters. The molecule has 1 amide bonds. The van der Waals surface area contributed by atoms with Crippen LogP contribution in [-0.4, -0.2) is 16.8 Å². The number of halogens is 1. The second kappa shape index (κ2) is 10.3. The lowest BCUT2D eigenvalue weighted by atomic mass is 9.94. The van der Waals surface area contributed by atoms with Gasteiger partial charge in [-0.05, 0) is 60.9 Å². The lowest BCUT2D eigenvalue weighted by Gasteiger charge is -2.27. The number of carbonyl (C=O) groups is 2. The van der Waals surface area contributed by atoms with E-state index in [4.69, 9.17) is 4.74 Å². The average Bonchev–Trinajstić information content (AvgIpc) is 3.18. The third-order valence-corrected chi connectivity index (χ3v) is 6.70. The number of carbonyl (C=O) groups excluding carboxylic acids is 2. The summed E-state index contributed by atoms with van der Waals surface area (Å²) in [6.45, 7) is 4.02. The number of amides is 1. The second-order valence-corrected chi connectivity index (χ2v) is 9.23. The van der Waals surface area contributed by atoms with E-state index in [0.29, 0.717) is 23.6 Å². The fourth-order valence-electron chi connectivity index (χ4n) is 4.76. The molecule has 1 aliphatic rings. The van der Waals surface area contributed by atoms with E-state index in [-0.39, 0.29) is 16.9 Å². The first kappa shape index (κ1) is 25.0. The number of aliphatic hydroxyl groups excluding tert-OH is 1. The number of Topliss-reactive ketones (excluding diaryl/α,β-unsaturated/α-hetero) is 1. The number of benzene rings is 4. The van der Waals surface area contributed by atoms with Crippen molar-refractivity contribution in [3.8, 4) is 5.75 Å². The Morgan fingerprint density at radius 1 is 0.868 bits per heavy atom. The Bertz CT molecular complexity index is 1560. The average molecular weight is 508 g/mol. The van der Waals surface area contributed by atoms with E-state index in [1.54, 1.807) is 36.4 Å². The summed E-state index contributed by atoms with van der Waals surface area (Å²) in [5.41, 5.74) is 3.25. The minimum Gasteiger partial charge on any atom is -0.507 e. The number of anilines is 1. The third-order valence-electron chi connectivity index (χ3n) is 6.70. The van der Waals surface area contributed by atoms with Crippen LogP contribution in [0.15, 0.2) is 103 Å². The largest absolute Gasteiger partial charge is 0.507 e. The molecule has 1 saturated heterocycles. The van der Waals surface area contributed by atoms with Gasteiger partial charge < -0.3 is 9.84 Å². The standard InChI is InChI=1S/C32H26FNO4/c1-20-10-6-9-15-26(20)34-29(24-13-7-8-14-25(24)33)28(31(36)32(34)37)30(35)23-16-17-27(21(2)18-23)38-19-22-11-4-3-5-12-22/h3-18,29,35H,19H2,1-2H3/b30-28+.